The zero-order chi connectivity index (χ0) is 20.0. The molecule has 0 bridgehead atoms. The third kappa shape index (κ3) is 6.13. The van der Waals surface area contributed by atoms with Gasteiger partial charge in [0.05, 0.1) is 0 Å². The highest BCUT2D eigenvalue weighted by Gasteiger charge is 2.14. The van der Waals surface area contributed by atoms with Gasteiger partial charge in [0, 0.05) is 5.69 Å². The highest BCUT2D eigenvalue weighted by atomic mass is 16.6. The number of anilines is 1. The predicted molar refractivity (Wildman–Crippen MR) is 106 cm³/mol. The molecule has 5 heteroatoms. The average molecular weight is 369 g/mol. The van der Waals surface area contributed by atoms with E-state index in [9.17, 15) is 9.59 Å². The van der Waals surface area contributed by atoms with Crippen LogP contribution in [0.25, 0.3) is 0 Å². The summed E-state index contributed by atoms with van der Waals surface area (Å²) in [5.74, 6) is -0.0755. The molecule has 0 saturated heterocycles. The van der Waals surface area contributed by atoms with Crippen molar-refractivity contribution in [2.75, 3.05) is 18.5 Å². The molecule has 0 spiro atoms. The summed E-state index contributed by atoms with van der Waals surface area (Å²) in [6.45, 7) is 9.40. The number of amides is 1. The maximum atomic E-state index is 12.2. The van der Waals surface area contributed by atoms with Gasteiger partial charge in [0.2, 0.25) is 0 Å². The lowest BCUT2D eigenvalue weighted by atomic mass is 9.98. The van der Waals surface area contributed by atoms with E-state index in [1.165, 1.54) is 0 Å². The van der Waals surface area contributed by atoms with Crippen LogP contribution in [-0.2, 0) is 14.3 Å². The SMILES string of the molecule is Cc1cc(C)cc(OCC(=O)OCC(=O)Nc2c(C)cccc2C(C)C)c1. The van der Waals surface area contributed by atoms with Crippen molar-refractivity contribution in [1.29, 1.82) is 0 Å². The lowest BCUT2D eigenvalue weighted by Crippen LogP contribution is -2.24. The van der Waals surface area contributed by atoms with Gasteiger partial charge in [-0.25, -0.2) is 4.79 Å². The van der Waals surface area contributed by atoms with Gasteiger partial charge < -0.3 is 14.8 Å². The molecule has 0 saturated carbocycles. The highest BCUT2D eigenvalue weighted by molar-refractivity contribution is 5.94. The number of nitrogens with one attached hydrogen (secondary N) is 1. The fraction of sp³-hybridized carbons (Fsp3) is 0.364. The molecule has 1 N–H and O–H groups in total. The molecule has 0 atom stereocenters. The zero-order valence-electron chi connectivity index (χ0n) is 16.6. The average Bonchev–Trinajstić information content (AvgIpc) is 2.59. The van der Waals surface area contributed by atoms with E-state index in [-0.39, 0.29) is 25.0 Å². The fourth-order valence-electron chi connectivity index (χ4n) is 2.86. The van der Waals surface area contributed by atoms with Crippen LogP contribution in [0.3, 0.4) is 0 Å². The van der Waals surface area contributed by atoms with Crippen molar-refractivity contribution in [3.05, 3.63) is 58.7 Å². The summed E-state index contributed by atoms with van der Waals surface area (Å²) in [5.41, 5.74) is 4.90. The minimum atomic E-state index is -0.585. The predicted octanol–water partition coefficient (Wildman–Crippen LogP) is 4.30. The van der Waals surface area contributed by atoms with Crippen LogP contribution in [0.1, 0.15) is 42.0 Å². The van der Waals surface area contributed by atoms with Gasteiger partial charge in [0.25, 0.3) is 5.91 Å². The first-order valence-corrected chi connectivity index (χ1v) is 9.02. The number of benzene rings is 2. The molecule has 0 unspecified atom stereocenters. The molecule has 2 aromatic carbocycles. The van der Waals surface area contributed by atoms with Crippen molar-refractivity contribution in [1.82, 2.24) is 0 Å². The smallest absolute Gasteiger partial charge is 0.344 e. The van der Waals surface area contributed by atoms with Crippen LogP contribution < -0.4 is 10.1 Å². The van der Waals surface area contributed by atoms with Crippen LogP contribution in [0.4, 0.5) is 5.69 Å². The molecule has 2 aromatic rings. The van der Waals surface area contributed by atoms with E-state index in [1.54, 1.807) is 0 Å². The number of carbonyl (C=O) groups is 2. The Labute approximate surface area is 160 Å². The van der Waals surface area contributed by atoms with Gasteiger partial charge in [-0.05, 0) is 61.1 Å². The lowest BCUT2D eigenvalue weighted by Gasteiger charge is -2.16. The standard InChI is InChI=1S/C22H27NO4/c1-14(2)19-8-6-7-17(5)22(19)23-20(24)12-27-21(25)13-26-18-10-15(3)9-16(4)11-18/h6-11,14H,12-13H2,1-5H3,(H,23,24). The second-order valence-corrected chi connectivity index (χ2v) is 7.01. The van der Waals surface area contributed by atoms with Gasteiger partial charge >= 0.3 is 5.97 Å². The fourth-order valence-corrected chi connectivity index (χ4v) is 2.86. The van der Waals surface area contributed by atoms with Crippen LogP contribution in [0, 0.1) is 20.8 Å². The number of hydrogen-bond donors (Lipinski definition) is 1. The Balaban J connectivity index is 1.86. The molecule has 0 aliphatic heterocycles. The number of ether oxygens (including phenoxy) is 2. The summed E-state index contributed by atoms with van der Waals surface area (Å²) in [6.07, 6.45) is 0. The molecule has 1 amide bonds. The van der Waals surface area contributed by atoms with Crippen molar-refractivity contribution in [3.63, 3.8) is 0 Å². The Bertz CT molecular complexity index is 807. The number of carbonyl (C=O) groups excluding carboxylic acids is 2. The Hall–Kier alpha value is -2.82. The number of esters is 1. The first-order valence-electron chi connectivity index (χ1n) is 9.02. The van der Waals surface area contributed by atoms with Gasteiger partial charge in [-0.3, -0.25) is 4.79 Å². The Morgan fingerprint density at radius 2 is 1.67 bits per heavy atom. The topological polar surface area (TPSA) is 64.6 Å². The third-order valence-electron chi connectivity index (χ3n) is 4.11. The molecule has 5 nitrogen and oxygen atoms in total. The number of para-hydroxylation sites is 1. The van der Waals surface area contributed by atoms with E-state index in [4.69, 9.17) is 9.47 Å². The van der Waals surface area contributed by atoms with E-state index in [2.05, 4.69) is 19.2 Å². The normalized spacial score (nSPS) is 10.6. The summed E-state index contributed by atoms with van der Waals surface area (Å²) >= 11 is 0. The molecule has 0 heterocycles. The van der Waals surface area contributed by atoms with Crippen LogP contribution in [0.2, 0.25) is 0 Å². The van der Waals surface area contributed by atoms with Crippen molar-refractivity contribution in [2.24, 2.45) is 0 Å². The Morgan fingerprint density at radius 3 is 2.30 bits per heavy atom. The Kier molecular flexibility index (Phi) is 6.99. The summed E-state index contributed by atoms with van der Waals surface area (Å²) < 4.78 is 10.5. The van der Waals surface area contributed by atoms with Gasteiger partial charge in [0.1, 0.15) is 5.75 Å². The highest BCUT2D eigenvalue weighted by Crippen LogP contribution is 2.27. The summed E-state index contributed by atoms with van der Waals surface area (Å²) in [6, 6.07) is 11.6. The minimum Gasteiger partial charge on any atom is -0.482 e. The first-order chi connectivity index (χ1) is 12.8. The summed E-state index contributed by atoms with van der Waals surface area (Å²) in [7, 11) is 0. The lowest BCUT2D eigenvalue weighted by molar-refractivity contribution is -0.149. The van der Waals surface area contributed by atoms with E-state index in [1.807, 2.05) is 57.2 Å². The Morgan fingerprint density at radius 1 is 1.00 bits per heavy atom. The second-order valence-electron chi connectivity index (χ2n) is 7.01. The van der Waals surface area contributed by atoms with E-state index in [0.29, 0.717) is 5.75 Å². The van der Waals surface area contributed by atoms with Crippen molar-refractivity contribution < 1.29 is 19.1 Å². The zero-order valence-corrected chi connectivity index (χ0v) is 16.6. The quantitative estimate of drug-likeness (QED) is 0.739. The number of aryl methyl sites for hydroxylation is 3. The summed E-state index contributed by atoms with van der Waals surface area (Å²) in [5, 5.41) is 2.85. The third-order valence-corrected chi connectivity index (χ3v) is 4.11. The minimum absolute atomic E-state index is 0.238. The van der Waals surface area contributed by atoms with Gasteiger partial charge in [-0.2, -0.15) is 0 Å². The maximum Gasteiger partial charge on any atom is 0.344 e. The van der Waals surface area contributed by atoms with Crippen LogP contribution in [0.15, 0.2) is 36.4 Å². The van der Waals surface area contributed by atoms with Crippen LogP contribution >= 0.6 is 0 Å². The molecule has 144 valence electrons. The first kappa shape index (κ1) is 20.5. The van der Waals surface area contributed by atoms with Crippen molar-refractivity contribution in [2.45, 2.75) is 40.5 Å². The molecule has 2 rings (SSSR count). The molecule has 27 heavy (non-hydrogen) atoms. The molecular weight excluding hydrogens is 342 g/mol. The molecule has 0 fully saturated rings. The summed E-state index contributed by atoms with van der Waals surface area (Å²) in [4.78, 5) is 24.0. The van der Waals surface area contributed by atoms with Crippen LogP contribution in [0.5, 0.6) is 5.75 Å². The van der Waals surface area contributed by atoms with E-state index < -0.39 is 5.97 Å². The number of rotatable bonds is 7. The van der Waals surface area contributed by atoms with Gasteiger partial charge in [-0.1, -0.05) is 38.1 Å². The van der Waals surface area contributed by atoms with Crippen LogP contribution in [-0.4, -0.2) is 25.1 Å². The van der Waals surface area contributed by atoms with Crippen molar-refractivity contribution >= 4 is 17.6 Å². The molecule has 0 radical (unpaired) electrons. The number of hydrogen-bond acceptors (Lipinski definition) is 4. The second kappa shape index (κ2) is 9.21. The molecule has 0 aliphatic rings. The molecular formula is C22H27NO4. The van der Waals surface area contributed by atoms with Gasteiger partial charge in [0.15, 0.2) is 13.2 Å². The molecule has 0 aliphatic carbocycles. The van der Waals surface area contributed by atoms with E-state index in [0.717, 1.165) is 27.9 Å². The maximum absolute atomic E-state index is 12.2. The van der Waals surface area contributed by atoms with Crippen molar-refractivity contribution in [3.8, 4) is 5.75 Å². The van der Waals surface area contributed by atoms with E-state index >= 15 is 0 Å². The largest absolute Gasteiger partial charge is 0.482 e. The molecule has 0 aromatic heterocycles. The monoisotopic (exact) mass is 369 g/mol. The van der Waals surface area contributed by atoms with Gasteiger partial charge in [-0.15, -0.1) is 0 Å².